The van der Waals surface area contributed by atoms with E-state index in [-0.39, 0.29) is 6.54 Å². The maximum absolute atomic E-state index is 11.3. The number of amides is 1. The maximum Gasteiger partial charge on any atom is 0.233 e. The van der Waals surface area contributed by atoms with E-state index in [9.17, 15) is 4.79 Å². The number of furan rings is 1. The highest BCUT2D eigenvalue weighted by molar-refractivity contribution is 7.15. The van der Waals surface area contributed by atoms with E-state index in [0.717, 1.165) is 20.9 Å². The van der Waals surface area contributed by atoms with Crippen molar-refractivity contribution in [2.24, 2.45) is 10.7 Å². The fourth-order valence-corrected chi connectivity index (χ4v) is 4.05. The number of hydrogen-bond donors (Lipinski definition) is 2. The summed E-state index contributed by atoms with van der Waals surface area (Å²) >= 11 is 7.65. The number of benzene rings is 1. The molecule has 3 heterocycles. The minimum atomic E-state index is -0.405. The predicted octanol–water partition coefficient (Wildman–Crippen LogP) is 3.55. The number of carbonyl (C=O) groups excluding carboxylic acids is 1. The Morgan fingerprint density at radius 1 is 1.35 bits per heavy atom. The molecule has 8 heteroatoms. The lowest BCUT2D eigenvalue weighted by Crippen LogP contribution is -2.49. The minimum Gasteiger partial charge on any atom is -0.470 e. The third-order valence-corrected chi connectivity index (χ3v) is 5.31. The van der Waals surface area contributed by atoms with Crippen molar-refractivity contribution in [1.29, 1.82) is 0 Å². The Morgan fingerprint density at radius 2 is 2.15 bits per heavy atom. The molecule has 4 rings (SSSR count). The van der Waals surface area contributed by atoms with Crippen LogP contribution in [0.25, 0.3) is 10.4 Å². The van der Waals surface area contributed by atoms with Gasteiger partial charge in [0, 0.05) is 26.4 Å². The Morgan fingerprint density at radius 3 is 2.85 bits per heavy atom. The van der Waals surface area contributed by atoms with Gasteiger partial charge in [0.25, 0.3) is 0 Å². The molecule has 0 atom stereocenters. The van der Waals surface area contributed by atoms with Gasteiger partial charge in [0.2, 0.25) is 5.91 Å². The highest BCUT2D eigenvalue weighted by Crippen LogP contribution is 2.35. The second-order valence-corrected chi connectivity index (χ2v) is 7.40. The molecule has 132 valence electrons. The van der Waals surface area contributed by atoms with Crippen molar-refractivity contribution in [1.82, 2.24) is 10.4 Å². The Hall–Kier alpha value is -2.61. The zero-order chi connectivity index (χ0) is 18.1. The highest BCUT2D eigenvalue weighted by atomic mass is 35.5. The fourth-order valence-electron chi connectivity index (χ4n) is 2.74. The van der Waals surface area contributed by atoms with E-state index in [0.29, 0.717) is 23.1 Å². The molecule has 0 bridgehead atoms. The maximum atomic E-state index is 11.3. The molecule has 0 aliphatic carbocycles. The van der Waals surface area contributed by atoms with Crippen LogP contribution in [-0.2, 0) is 11.3 Å². The number of primary amides is 1. The van der Waals surface area contributed by atoms with Crippen molar-refractivity contribution in [2.75, 3.05) is 6.54 Å². The zero-order valence-electron chi connectivity index (χ0n) is 13.6. The summed E-state index contributed by atoms with van der Waals surface area (Å²) in [7, 11) is 0. The van der Waals surface area contributed by atoms with Crippen LogP contribution in [0.1, 0.15) is 10.4 Å². The number of nitrogens with zero attached hydrogens (tertiary/aromatic N) is 2. The van der Waals surface area contributed by atoms with Crippen LogP contribution in [-0.4, -0.2) is 23.3 Å². The molecule has 3 N–H and O–H groups in total. The number of hydrazine groups is 1. The second-order valence-electron chi connectivity index (χ2n) is 5.83. The number of amidine groups is 1. The predicted molar refractivity (Wildman–Crippen MR) is 102 cm³/mol. The minimum absolute atomic E-state index is 0.0953. The van der Waals surface area contributed by atoms with Gasteiger partial charge in [-0.05, 0) is 23.8 Å². The number of aliphatic imine (C=N–C) groups is 1. The number of fused-ring (bicyclic) bond motifs is 1. The van der Waals surface area contributed by atoms with Gasteiger partial charge in [0.1, 0.15) is 17.8 Å². The van der Waals surface area contributed by atoms with E-state index >= 15 is 0 Å². The van der Waals surface area contributed by atoms with Gasteiger partial charge in [0.05, 0.1) is 19.4 Å². The monoisotopic (exact) mass is 386 g/mol. The first kappa shape index (κ1) is 16.8. The number of carbonyl (C=O) groups is 1. The van der Waals surface area contributed by atoms with Crippen molar-refractivity contribution in [3.63, 3.8) is 0 Å². The van der Waals surface area contributed by atoms with Crippen molar-refractivity contribution in [3.8, 4) is 10.4 Å². The van der Waals surface area contributed by atoms with E-state index in [1.165, 1.54) is 0 Å². The van der Waals surface area contributed by atoms with Crippen LogP contribution in [0.4, 0.5) is 5.69 Å². The molecule has 1 aliphatic heterocycles. The van der Waals surface area contributed by atoms with Gasteiger partial charge in [0.15, 0.2) is 0 Å². The zero-order valence-corrected chi connectivity index (χ0v) is 15.2. The molecule has 6 nitrogen and oxygen atoms in total. The summed E-state index contributed by atoms with van der Waals surface area (Å²) in [4.78, 5) is 18.2. The van der Waals surface area contributed by atoms with Crippen LogP contribution in [0, 0.1) is 0 Å². The number of thiophene rings is 1. The average Bonchev–Trinajstić information content (AvgIpc) is 3.24. The van der Waals surface area contributed by atoms with E-state index in [2.05, 4.69) is 16.5 Å². The summed E-state index contributed by atoms with van der Waals surface area (Å²) in [5.74, 6) is 0.253. The average molecular weight is 387 g/mol. The molecule has 1 aliphatic rings. The molecule has 0 saturated heterocycles. The summed E-state index contributed by atoms with van der Waals surface area (Å²) in [6.07, 6.45) is 3.13. The van der Waals surface area contributed by atoms with Gasteiger partial charge in [-0.2, -0.15) is 0 Å². The summed E-state index contributed by atoms with van der Waals surface area (Å²) in [6.45, 7) is 0.666. The third kappa shape index (κ3) is 3.50. The smallest absolute Gasteiger partial charge is 0.233 e. The molecule has 0 fully saturated rings. The van der Waals surface area contributed by atoms with Crippen molar-refractivity contribution in [3.05, 3.63) is 64.4 Å². The molecule has 0 radical (unpaired) electrons. The van der Waals surface area contributed by atoms with Crippen LogP contribution in [0.2, 0.25) is 5.02 Å². The second kappa shape index (κ2) is 6.95. The summed E-state index contributed by atoms with van der Waals surface area (Å²) in [6, 6.07) is 11.6. The van der Waals surface area contributed by atoms with Crippen LogP contribution < -0.4 is 11.2 Å². The van der Waals surface area contributed by atoms with E-state index in [4.69, 9.17) is 21.8 Å². The van der Waals surface area contributed by atoms with Crippen LogP contribution >= 0.6 is 22.9 Å². The lowest BCUT2D eigenvalue weighted by Gasteiger charge is -2.28. The summed E-state index contributed by atoms with van der Waals surface area (Å²) in [5, 5.41) is 2.46. The molecule has 0 saturated carbocycles. The van der Waals surface area contributed by atoms with Crippen molar-refractivity contribution < 1.29 is 9.21 Å². The lowest BCUT2D eigenvalue weighted by molar-refractivity contribution is -0.119. The van der Waals surface area contributed by atoms with Crippen LogP contribution in [0.15, 0.2) is 58.3 Å². The molecule has 1 amide bonds. The fraction of sp³-hybridized carbons (Fsp3) is 0.111. The number of rotatable bonds is 4. The van der Waals surface area contributed by atoms with Gasteiger partial charge < -0.3 is 15.6 Å². The molecular formula is C18H15ClN4O2S. The molecule has 2 aromatic heterocycles. The molecule has 0 spiro atoms. The van der Waals surface area contributed by atoms with Gasteiger partial charge in [-0.3, -0.25) is 4.79 Å². The normalized spacial score (nSPS) is 15.7. The topological polar surface area (TPSA) is 83.9 Å². The Labute approximate surface area is 158 Å². The van der Waals surface area contributed by atoms with E-state index in [1.54, 1.807) is 34.9 Å². The van der Waals surface area contributed by atoms with E-state index < -0.39 is 5.91 Å². The van der Waals surface area contributed by atoms with Crippen molar-refractivity contribution in [2.45, 2.75) is 6.54 Å². The SMILES string of the molecule is NC(=O)CN1Cc2sc(-c3ccc(Cl)cc3)cc2C(=Nc2ccoc2)N1. The standard InChI is InChI=1S/C18H15ClN4O2S/c19-12-3-1-11(2-4-12)15-7-14-16(26-15)8-23(9-17(20)24)22-18(14)21-13-5-6-25-10-13/h1-7,10H,8-9H2,(H2,20,24)(H,21,22). The molecule has 1 aromatic carbocycles. The first-order valence-electron chi connectivity index (χ1n) is 7.88. The highest BCUT2D eigenvalue weighted by Gasteiger charge is 2.25. The number of halogens is 1. The van der Waals surface area contributed by atoms with Crippen LogP contribution in [0.3, 0.4) is 0 Å². The van der Waals surface area contributed by atoms with Gasteiger partial charge in [-0.1, -0.05) is 23.7 Å². The Kier molecular flexibility index (Phi) is 4.50. The van der Waals surface area contributed by atoms with Gasteiger partial charge in [-0.25, -0.2) is 10.0 Å². The Bertz CT molecular complexity index is 964. The van der Waals surface area contributed by atoms with Gasteiger partial charge >= 0.3 is 0 Å². The summed E-state index contributed by atoms with van der Waals surface area (Å²) in [5.41, 5.74) is 11.3. The van der Waals surface area contributed by atoms with Gasteiger partial charge in [-0.15, -0.1) is 11.3 Å². The summed E-state index contributed by atoms with van der Waals surface area (Å²) < 4.78 is 5.09. The quantitative estimate of drug-likeness (QED) is 0.718. The first-order valence-corrected chi connectivity index (χ1v) is 9.08. The number of nitrogens with one attached hydrogen (secondary N) is 1. The molecule has 0 unspecified atom stereocenters. The lowest BCUT2D eigenvalue weighted by atomic mass is 10.1. The van der Waals surface area contributed by atoms with E-state index in [1.807, 2.05) is 24.3 Å². The molecular weight excluding hydrogens is 372 g/mol. The van der Waals surface area contributed by atoms with Crippen LogP contribution in [0.5, 0.6) is 0 Å². The molecule has 3 aromatic rings. The molecule has 26 heavy (non-hydrogen) atoms. The Balaban J connectivity index is 1.74. The largest absolute Gasteiger partial charge is 0.470 e. The number of nitrogens with two attached hydrogens (primary N) is 1. The van der Waals surface area contributed by atoms with Crippen molar-refractivity contribution >= 4 is 40.4 Å². The third-order valence-electron chi connectivity index (χ3n) is 3.89. The number of hydrogen-bond acceptors (Lipinski definition) is 5. The first-order chi connectivity index (χ1) is 12.6.